The second-order valence-corrected chi connectivity index (χ2v) is 8.78. The predicted octanol–water partition coefficient (Wildman–Crippen LogP) is 3.32. The van der Waals surface area contributed by atoms with Gasteiger partial charge in [0.2, 0.25) is 0 Å². The summed E-state index contributed by atoms with van der Waals surface area (Å²) in [5.41, 5.74) is 9.92. The minimum Gasteiger partial charge on any atom is -0.383 e. The van der Waals surface area contributed by atoms with Gasteiger partial charge in [-0.1, -0.05) is 6.07 Å². The van der Waals surface area contributed by atoms with Crippen molar-refractivity contribution in [2.45, 2.75) is 25.2 Å². The van der Waals surface area contributed by atoms with Crippen molar-refractivity contribution in [3.63, 3.8) is 0 Å². The maximum Gasteiger partial charge on any atom is 0.253 e. The normalized spacial score (nSPS) is 17.6. The molecule has 1 amide bonds. The molecule has 11 heteroatoms. The largest absolute Gasteiger partial charge is 0.383 e. The van der Waals surface area contributed by atoms with Gasteiger partial charge in [-0.05, 0) is 43.2 Å². The number of ether oxygens (including phenoxy) is 1. The highest BCUT2D eigenvalue weighted by molar-refractivity contribution is 6.00. The van der Waals surface area contributed by atoms with E-state index in [1.54, 1.807) is 4.68 Å². The molecule has 4 N–H and O–H groups in total. The Labute approximate surface area is 206 Å². The number of aryl methyl sites for hydroxylation is 1. The Morgan fingerprint density at radius 1 is 1.17 bits per heavy atom. The Hall–Kier alpha value is -4.51. The molecular formula is C25H25N9O2. The molecule has 1 aliphatic heterocycles. The average molecular weight is 484 g/mol. The quantitative estimate of drug-likeness (QED) is 0.346. The first-order chi connectivity index (χ1) is 17.5. The number of hydrogen-bond donors (Lipinski definition) is 3. The van der Waals surface area contributed by atoms with Crippen molar-refractivity contribution >= 4 is 45.2 Å². The van der Waals surface area contributed by atoms with E-state index in [-0.39, 0.29) is 12.1 Å². The van der Waals surface area contributed by atoms with E-state index in [1.807, 2.05) is 67.5 Å². The Bertz CT molecular complexity index is 1610. The molecule has 6 rings (SSSR count). The lowest BCUT2D eigenvalue weighted by molar-refractivity contribution is -0.128. The highest BCUT2D eigenvalue weighted by atomic mass is 16.5. The summed E-state index contributed by atoms with van der Waals surface area (Å²) >= 11 is 0. The van der Waals surface area contributed by atoms with Gasteiger partial charge in [0, 0.05) is 43.1 Å². The first kappa shape index (κ1) is 22.0. The topological polar surface area (TPSA) is 138 Å². The number of hydrogen-bond acceptors (Lipinski definition) is 8. The molecule has 4 aromatic heterocycles. The number of nitrogen functional groups attached to an aromatic ring is 1. The van der Waals surface area contributed by atoms with Crippen molar-refractivity contribution in [3.8, 4) is 11.3 Å². The molecule has 0 radical (unpaired) electrons. The maximum absolute atomic E-state index is 13.1. The zero-order valence-electron chi connectivity index (χ0n) is 19.8. The fourth-order valence-corrected chi connectivity index (χ4v) is 4.65. The second-order valence-electron chi connectivity index (χ2n) is 8.78. The van der Waals surface area contributed by atoms with Gasteiger partial charge >= 0.3 is 0 Å². The van der Waals surface area contributed by atoms with Gasteiger partial charge in [0.1, 0.15) is 35.9 Å². The summed E-state index contributed by atoms with van der Waals surface area (Å²) in [7, 11) is 3.68. The number of benzene rings is 1. The Kier molecular flexibility index (Phi) is 5.26. The standard InChI is InChI=1S/C25H25N9O2/c1-27-20-7-4-14-3-5-15(11-18(14)31-20)30-25(35)19-6-8-21(36-19)34-12-16(17-9-10-33(2)32-17)22-23(26)28-13-29-24(22)34/h3-5,7,9-13,19,21H,6,8H2,1-2H3,(H,27,31)(H,30,35)(H2,26,28,29). The van der Waals surface area contributed by atoms with Crippen LogP contribution in [0.2, 0.25) is 0 Å². The number of rotatable bonds is 5. The van der Waals surface area contributed by atoms with Crippen LogP contribution in [0.5, 0.6) is 0 Å². The summed E-state index contributed by atoms with van der Waals surface area (Å²) in [6.45, 7) is 0. The number of pyridine rings is 1. The summed E-state index contributed by atoms with van der Waals surface area (Å²) < 4.78 is 9.86. The van der Waals surface area contributed by atoms with Crippen LogP contribution in [-0.2, 0) is 16.6 Å². The summed E-state index contributed by atoms with van der Waals surface area (Å²) in [6, 6.07) is 11.5. The molecule has 0 saturated carbocycles. The van der Waals surface area contributed by atoms with Crippen molar-refractivity contribution in [2.24, 2.45) is 7.05 Å². The van der Waals surface area contributed by atoms with Crippen molar-refractivity contribution < 1.29 is 9.53 Å². The van der Waals surface area contributed by atoms with Crippen LogP contribution in [0, 0.1) is 0 Å². The number of aromatic nitrogens is 6. The van der Waals surface area contributed by atoms with Gasteiger partial charge in [0.05, 0.1) is 16.6 Å². The lowest BCUT2D eigenvalue weighted by Gasteiger charge is -2.16. The lowest BCUT2D eigenvalue weighted by atomic mass is 10.2. The van der Waals surface area contributed by atoms with E-state index >= 15 is 0 Å². The molecule has 0 bridgehead atoms. The van der Waals surface area contributed by atoms with E-state index in [0.717, 1.165) is 33.4 Å². The van der Waals surface area contributed by atoms with Gasteiger partial charge in [-0.2, -0.15) is 5.10 Å². The first-order valence-corrected chi connectivity index (χ1v) is 11.7. The number of nitrogens with two attached hydrogens (primary N) is 1. The summed E-state index contributed by atoms with van der Waals surface area (Å²) in [4.78, 5) is 26.2. The van der Waals surface area contributed by atoms with Gasteiger partial charge in [0.15, 0.2) is 0 Å². The predicted molar refractivity (Wildman–Crippen MR) is 137 cm³/mol. The fourth-order valence-electron chi connectivity index (χ4n) is 4.65. The van der Waals surface area contributed by atoms with E-state index in [0.29, 0.717) is 30.0 Å². The molecule has 2 atom stereocenters. The van der Waals surface area contributed by atoms with E-state index in [9.17, 15) is 4.79 Å². The molecule has 11 nitrogen and oxygen atoms in total. The van der Waals surface area contributed by atoms with Crippen molar-refractivity contribution in [3.05, 3.63) is 55.1 Å². The maximum atomic E-state index is 13.1. The minimum atomic E-state index is -0.600. The fraction of sp³-hybridized carbons (Fsp3) is 0.240. The third kappa shape index (κ3) is 3.79. The number of fused-ring (bicyclic) bond motifs is 2. The zero-order chi connectivity index (χ0) is 24.8. The van der Waals surface area contributed by atoms with Crippen LogP contribution in [0.1, 0.15) is 19.1 Å². The van der Waals surface area contributed by atoms with Crippen LogP contribution in [0.15, 0.2) is 55.1 Å². The number of amides is 1. The van der Waals surface area contributed by atoms with Crippen molar-refractivity contribution in [1.29, 1.82) is 0 Å². The molecule has 1 aromatic carbocycles. The molecule has 36 heavy (non-hydrogen) atoms. The molecule has 1 aliphatic rings. The number of nitrogens with zero attached hydrogens (tertiary/aromatic N) is 6. The van der Waals surface area contributed by atoms with Gasteiger partial charge < -0.3 is 25.7 Å². The van der Waals surface area contributed by atoms with Gasteiger partial charge in [0.25, 0.3) is 5.91 Å². The van der Waals surface area contributed by atoms with Gasteiger partial charge in [-0.15, -0.1) is 0 Å². The van der Waals surface area contributed by atoms with Gasteiger partial charge in [-0.25, -0.2) is 15.0 Å². The van der Waals surface area contributed by atoms with Crippen LogP contribution < -0.4 is 16.4 Å². The van der Waals surface area contributed by atoms with E-state index in [4.69, 9.17) is 10.5 Å². The first-order valence-electron chi connectivity index (χ1n) is 11.7. The van der Waals surface area contributed by atoms with Crippen LogP contribution in [0.25, 0.3) is 33.2 Å². The molecule has 5 aromatic rings. The number of anilines is 3. The third-order valence-corrected chi connectivity index (χ3v) is 6.44. The SMILES string of the molecule is CNc1ccc2ccc(NC(=O)C3CCC(n4cc(-c5ccn(C)n5)c5c(N)ncnc54)O3)cc2n1. The highest BCUT2D eigenvalue weighted by Gasteiger charge is 2.33. The molecule has 0 aliphatic carbocycles. The summed E-state index contributed by atoms with van der Waals surface area (Å²) in [6.07, 6.45) is 5.49. The van der Waals surface area contributed by atoms with Crippen LogP contribution in [0.3, 0.4) is 0 Å². The summed E-state index contributed by atoms with van der Waals surface area (Å²) in [5, 5.41) is 12.2. The van der Waals surface area contributed by atoms with Crippen molar-refractivity contribution in [2.75, 3.05) is 23.4 Å². The van der Waals surface area contributed by atoms with Gasteiger partial charge in [-0.3, -0.25) is 9.48 Å². The Balaban J connectivity index is 1.24. The molecular weight excluding hydrogens is 458 g/mol. The number of nitrogens with one attached hydrogen (secondary N) is 2. The monoisotopic (exact) mass is 483 g/mol. The number of carbonyl (C=O) groups is 1. The molecule has 0 spiro atoms. The van der Waals surface area contributed by atoms with E-state index in [1.165, 1.54) is 6.33 Å². The van der Waals surface area contributed by atoms with E-state index in [2.05, 4.69) is 30.7 Å². The second kappa shape index (κ2) is 8.61. The van der Waals surface area contributed by atoms with Crippen LogP contribution >= 0.6 is 0 Å². The van der Waals surface area contributed by atoms with Crippen molar-refractivity contribution in [1.82, 2.24) is 29.3 Å². The highest BCUT2D eigenvalue weighted by Crippen LogP contribution is 2.37. The molecule has 2 unspecified atom stereocenters. The average Bonchev–Trinajstić information content (AvgIpc) is 3.62. The molecule has 182 valence electrons. The smallest absolute Gasteiger partial charge is 0.253 e. The third-order valence-electron chi connectivity index (χ3n) is 6.44. The summed E-state index contributed by atoms with van der Waals surface area (Å²) in [5.74, 6) is 0.941. The molecule has 5 heterocycles. The van der Waals surface area contributed by atoms with Crippen LogP contribution in [0.4, 0.5) is 17.3 Å². The zero-order valence-corrected chi connectivity index (χ0v) is 19.8. The molecule has 1 fully saturated rings. The molecule has 1 saturated heterocycles. The van der Waals surface area contributed by atoms with Crippen LogP contribution in [-0.4, -0.2) is 48.4 Å². The van der Waals surface area contributed by atoms with E-state index < -0.39 is 6.10 Å². The Morgan fingerprint density at radius 3 is 2.83 bits per heavy atom. The minimum absolute atomic E-state index is 0.197. The number of carbonyl (C=O) groups excluding carboxylic acids is 1. The Morgan fingerprint density at radius 2 is 2.03 bits per heavy atom. The lowest BCUT2D eigenvalue weighted by Crippen LogP contribution is -2.27.